The summed E-state index contributed by atoms with van der Waals surface area (Å²) in [6.45, 7) is -0.183. The van der Waals surface area contributed by atoms with Gasteiger partial charge in [0.25, 0.3) is 0 Å². The van der Waals surface area contributed by atoms with Crippen LogP contribution in [0.1, 0.15) is 6.23 Å². The van der Waals surface area contributed by atoms with E-state index in [0.717, 1.165) is 0 Å². The number of aromatic nitrogens is 4. The van der Waals surface area contributed by atoms with Crippen molar-refractivity contribution in [2.45, 2.75) is 18.4 Å². The lowest BCUT2D eigenvalue weighted by molar-refractivity contribution is -0.0161. The molecule has 1 aliphatic heterocycles. The Morgan fingerprint density at radius 3 is 2.90 bits per heavy atom. The van der Waals surface area contributed by atoms with Gasteiger partial charge in [0.1, 0.15) is 24.1 Å². The first-order valence-corrected chi connectivity index (χ1v) is 7.36. The summed E-state index contributed by atoms with van der Waals surface area (Å²) >= 11 is 0. The summed E-state index contributed by atoms with van der Waals surface area (Å²) in [5, 5.41) is 10.1. The van der Waals surface area contributed by atoms with Crippen LogP contribution in [0.5, 0.6) is 0 Å². The molecule has 3 atom stereocenters. The number of rotatable bonds is 3. The Bertz CT molecular complexity index is 716. The molecule has 0 aromatic carbocycles. The number of aliphatic hydroxyl groups is 1. The van der Waals surface area contributed by atoms with E-state index in [-0.39, 0.29) is 12.4 Å². The van der Waals surface area contributed by atoms with E-state index in [4.69, 9.17) is 20.3 Å². The number of aliphatic hydroxyl groups excluding tert-OH is 1. The first-order valence-electron chi connectivity index (χ1n) is 5.83. The molecule has 3 unspecified atom stereocenters. The Kier molecular flexibility index (Phi) is 3.40. The van der Waals surface area contributed by atoms with E-state index in [9.17, 15) is 9.67 Å². The van der Waals surface area contributed by atoms with Gasteiger partial charge < -0.3 is 25.4 Å². The van der Waals surface area contributed by atoms with E-state index in [2.05, 4.69) is 19.5 Å². The van der Waals surface area contributed by atoms with Crippen LogP contribution in [0.2, 0.25) is 0 Å². The molecule has 1 fully saturated rings. The minimum absolute atomic E-state index is 0.175. The zero-order valence-electron chi connectivity index (χ0n) is 10.5. The van der Waals surface area contributed by atoms with Crippen molar-refractivity contribution in [1.82, 2.24) is 19.5 Å². The number of phosphoric ester groups is 1. The zero-order chi connectivity index (χ0) is 15.2. The lowest BCUT2D eigenvalue weighted by atomic mass is 10.2. The largest absolute Gasteiger partial charge is 0.470 e. The van der Waals surface area contributed by atoms with Gasteiger partial charge in [-0.05, 0) is 0 Å². The monoisotopic (exact) mass is 317 g/mol. The molecule has 2 aromatic rings. The molecule has 0 aliphatic carbocycles. The molecular formula is C9H12N5O6P. The Morgan fingerprint density at radius 1 is 1.43 bits per heavy atom. The summed E-state index contributed by atoms with van der Waals surface area (Å²) in [5.41, 5.74) is 6.33. The zero-order valence-corrected chi connectivity index (χ0v) is 11.4. The SMILES string of the molecule is Nc1ncnc2c1ncn2C1OCC(OP(=O)(O)O)C1O. The lowest BCUT2D eigenvalue weighted by Crippen LogP contribution is -2.30. The van der Waals surface area contributed by atoms with Crippen molar-refractivity contribution in [3.05, 3.63) is 12.7 Å². The number of anilines is 1. The second kappa shape index (κ2) is 4.98. The molecule has 11 nitrogen and oxygen atoms in total. The summed E-state index contributed by atoms with van der Waals surface area (Å²) in [7, 11) is -4.72. The predicted octanol–water partition coefficient (Wildman–Crippen LogP) is -1.22. The minimum atomic E-state index is -4.72. The molecule has 0 saturated carbocycles. The maximum atomic E-state index is 10.8. The fraction of sp³-hybridized carbons (Fsp3) is 0.444. The number of ether oxygens (including phenoxy) is 1. The normalized spacial score (nSPS) is 26.5. The molecule has 12 heteroatoms. The van der Waals surface area contributed by atoms with Gasteiger partial charge in [0.2, 0.25) is 0 Å². The molecule has 0 spiro atoms. The summed E-state index contributed by atoms with van der Waals surface area (Å²) in [6, 6.07) is 0. The minimum Gasteiger partial charge on any atom is -0.386 e. The number of imidazole rings is 1. The topological polar surface area (TPSA) is 166 Å². The summed E-state index contributed by atoms with van der Waals surface area (Å²) in [4.78, 5) is 29.4. The standard InChI is InChI=1S/C9H12N5O6P/c10-7-5-8(12-2-11-7)14(3-13-5)9-6(15)4(1-19-9)20-21(16,17)18/h2-4,6,9,15H,1H2,(H2,10,11,12)(H2,16,17,18). The lowest BCUT2D eigenvalue weighted by Gasteiger charge is -2.19. The van der Waals surface area contributed by atoms with Gasteiger partial charge in [-0.15, -0.1) is 0 Å². The fourth-order valence-corrected chi connectivity index (χ4v) is 2.68. The highest BCUT2D eigenvalue weighted by Gasteiger charge is 2.42. The van der Waals surface area contributed by atoms with E-state index >= 15 is 0 Å². The van der Waals surface area contributed by atoms with Crippen LogP contribution in [-0.4, -0.2) is 53.2 Å². The van der Waals surface area contributed by atoms with Crippen molar-refractivity contribution < 1.29 is 28.7 Å². The molecule has 0 radical (unpaired) electrons. The molecule has 3 rings (SSSR count). The van der Waals surface area contributed by atoms with Gasteiger partial charge in [0.05, 0.1) is 12.9 Å². The second-order valence-corrected chi connectivity index (χ2v) is 5.62. The van der Waals surface area contributed by atoms with E-state index in [1.54, 1.807) is 0 Å². The van der Waals surface area contributed by atoms with E-state index in [1.807, 2.05) is 0 Å². The number of fused-ring (bicyclic) bond motifs is 1. The summed E-state index contributed by atoms with van der Waals surface area (Å²) in [5.74, 6) is 0.175. The van der Waals surface area contributed by atoms with Gasteiger partial charge in [-0.3, -0.25) is 9.09 Å². The van der Waals surface area contributed by atoms with Crippen LogP contribution >= 0.6 is 7.82 Å². The third kappa shape index (κ3) is 2.62. The molecule has 1 aliphatic rings. The van der Waals surface area contributed by atoms with Crippen molar-refractivity contribution in [3.63, 3.8) is 0 Å². The molecule has 114 valence electrons. The average molecular weight is 317 g/mol. The number of phosphoric acid groups is 1. The van der Waals surface area contributed by atoms with Crippen LogP contribution in [0.25, 0.3) is 11.2 Å². The number of nitrogen functional groups attached to an aromatic ring is 1. The van der Waals surface area contributed by atoms with E-state index in [0.29, 0.717) is 11.2 Å². The fourth-order valence-electron chi connectivity index (χ4n) is 2.14. The van der Waals surface area contributed by atoms with Crippen molar-refractivity contribution in [3.8, 4) is 0 Å². The molecule has 21 heavy (non-hydrogen) atoms. The molecule has 0 bridgehead atoms. The number of nitrogens with two attached hydrogens (primary N) is 1. The van der Waals surface area contributed by atoms with Crippen molar-refractivity contribution in [2.24, 2.45) is 0 Å². The quantitative estimate of drug-likeness (QED) is 0.504. The van der Waals surface area contributed by atoms with Crippen LogP contribution in [0.3, 0.4) is 0 Å². The van der Waals surface area contributed by atoms with Gasteiger partial charge in [0, 0.05) is 0 Å². The summed E-state index contributed by atoms with van der Waals surface area (Å²) < 4.78 is 22.0. The maximum absolute atomic E-state index is 10.8. The van der Waals surface area contributed by atoms with Crippen LogP contribution in [0, 0.1) is 0 Å². The maximum Gasteiger partial charge on any atom is 0.470 e. The number of nitrogens with zero attached hydrogens (tertiary/aromatic N) is 4. The Hall–Kier alpha value is -1.62. The van der Waals surface area contributed by atoms with Gasteiger partial charge in [0.15, 0.2) is 17.7 Å². The van der Waals surface area contributed by atoms with Crippen LogP contribution in [0.15, 0.2) is 12.7 Å². The van der Waals surface area contributed by atoms with Gasteiger partial charge >= 0.3 is 7.82 Å². The molecule has 3 heterocycles. The molecule has 1 saturated heterocycles. The van der Waals surface area contributed by atoms with Crippen LogP contribution in [0.4, 0.5) is 5.82 Å². The third-order valence-electron chi connectivity index (χ3n) is 3.04. The van der Waals surface area contributed by atoms with Crippen LogP contribution in [-0.2, 0) is 13.8 Å². The van der Waals surface area contributed by atoms with E-state index in [1.165, 1.54) is 17.2 Å². The summed E-state index contributed by atoms with van der Waals surface area (Å²) in [6.07, 6.45) is -0.816. The van der Waals surface area contributed by atoms with Crippen molar-refractivity contribution >= 4 is 24.8 Å². The van der Waals surface area contributed by atoms with Crippen molar-refractivity contribution in [2.75, 3.05) is 12.3 Å². The predicted molar refractivity (Wildman–Crippen MR) is 67.6 cm³/mol. The average Bonchev–Trinajstić information content (AvgIpc) is 2.94. The highest BCUT2D eigenvalue weighted by molar-refractivity contribution is 7.46. The first kappa shape index (κ1) is 14.3. The second-order valence-electron chi connectivity index (χ2n) is 4.43. The van der Waals surface area contributed by atoms with Crippen LogP contribution < -0.4 is 5.73 Å². The molecule has 2 aromatic heterocycles. The van der Waals surface area contributed by atoms with Gasteiger partial charge in [-0.1, -0.05) is 0 Å². The Labute approximate surface area is 117 Å². The van der Waals surface area contributed by atoms with Gasteiger partial charge in [-0.25, -0.2) is 19.5 Å². The van der Waals surface area contributed by atoms with Crippen molar-refractivity contribution in [1.29, 1.82) is 0 Å². The first-order chi connectivity index (χ1) is 9.87. The number of hydrogen-bond donors (Lipinski definition) is 4. The molecule has 5 N–H and O–H groups in total. The number of hydrogen-bond acceptors (Lipinski definition) is 8. The Balaban J connectivity index is 1.90. The smallest absolute Gasteiger partial charge is 0.386 e. The highest BCUT2D eigenvalue weighted by Crippen LogP contribution is 2.41. The van der Waals surface area contributed by atoms with Gasteiger partial charge in [-0.2, -0.15) is 0 Å². The molecule has 0 amide bonds. The third-order valence-corrected chi connectivity index (χ3v) is 3.58. The van der Waals surface area contributed by atoms with E-state index < -0.39 is 26.3 Å². The highest BCUT2D eigenvalue weighted by atomic mass is 31.2. The molecular weight excluding hydrogens is 305 g/mol. The Morgan fingerprint density at radius 2 is 2.19 bits per heavy atom.